The third-order valence-corrected chi connectivity index (χ3v) is 7.69. The summed E-state index contributed by atoms with van der Waals surface area (Å²) in [5, 5.41) is 3.94. The topological polar surface area (TPSA) is 86.8 Å². The number of hydrogen-bond acceptors (Lipinski definition) is 4. The van der Waals surface area contributed by atoms with Crippen LogP contribution in [0.25, 0.3) is 0 Å². The highest BCUT2D eigenvalue weighted by molar-refractivity contribution is 7.92. The highest BCUT2D eigenvalue weighted by Gasteiger charge is 2.27. The minimum atomic E-state index is -3.60. The molecule has 198 valence electrons. The number of sulfonamides is 1. The summed E-state index contributed by atoms with van der Waals surface area (Å²) in [7, 11) is -3.60. The van der Waals surface area contributed by atoms with Crippen LogP contribution in [0.5, 0.6) is 0 Å². The number of carbonyl (C=O) groups is 2. The van der Waals surface area contributed by atoms with Gasteiger partial charge in [-0.1, -0.05) is 48.3 Å². The van der Waals surface area contributed by atoms with E-state index >= 15 is 0 Å². The smallest absolute Gasteiger partial charge is 0.242 e. The molecule has 0 fully saturated rings. The zero-order valence-corrected chi connectivity index (χ0v) is 23.8. The molecule has 0 aliphatic carbocycles. The first-order valence-electron chi connectivity index (χ1n) is 11.9. The quantitative estimate of drug-likeness (QED) is 0.391. The van der Waals surface area contributed by atoms with Crippen LogP contribution in [0.1, 0.15) is 51.2 Å². The van der Waals surface area contributed by atoms with Crippen molar-refractivity contribution < 1.29 is 18.0 Å². The van der Waals surface area contributed by atoms with Crippen LogP contribution in [0, 0.1) is 6.92 Å². The van der Waals surface area contributed by atoms with Gasteiger partial charge in [0.05, 0.1) is 11.9 Å². The standard InChI is InChI=1S/C26H35Cl2N3O4S/c1-6-19(3)29-26(33)20(4)30(17-21-10-13-22(27)14-11-21)25(32)8-7-15-31(36(5,34)35)24-16-23(28)12-9-18(24)2/h9-14,16,19-20H,6-8,15,17H2,1-5H3,(H,29,33)/t19-,20+/m1/s1. The molecule has 2 atom stereocenters. The first-order chi connectivity index (χ1) is 16.8. The van der Waals surface area contributed by atoms with E-state index in [9.17, 15) is 18.0 Å². The van der Waals surface area contributed by atoms with E-state index in [4.69, 9.17) is 23.2 Å². The van der Waals surface area contributed by atoms with Crippen molar-refractivity contribution in [3.05, 3.63) is 63.6 Å². The van der Waals surface area contributed by atoms with Gasteiger partial charge < -0.3 is 10.2 Å². The molecule has 7 nitrogen and oxygen atoms in total. The van der Waals surface area contributed by atoms with Crippen molar-refractivity contribution in [1.82, 2.24) is 10.2 Å². The van der Waals surface area contributed by atoms with Gasteiger partial charge in [-0.3, -0.25) is 13.9 Å². The minimum absolute atomic E-state index is 0.0170. The Morgan fingerprint density at radius 3 is 2.22 bits per heavy atom. The second kappa shape index (κ2) is 13.3. The molecule has 0 heterocycles. The van der Waals surface area contributed by atoms with Gasteiger partial charge in [0.1, 0.15) is 6.04 Å². The summed E-state index contributed by atoms with van der Waals surface area (Å²) in [6, 6.07) is 11.4. The van der Waals surface area contributed by atoms with Crippen LogP contribution in [0.3, 0.4) is 0 Å². The van der Waals surface area contributed by atoms with Crippen LogP contribution in [-0.4, -0.2) is 50.0 Å². The Kier molecular flexibility index (Phi) is 11.1. The number of anilines is 1. The van der Waals surface area contributed by atoms with Gasteiger partial charge in [-0.05, 0) is 69.0 Å². The molecule has 2 amide bonds. The Morgan fingerprint density at radius 1 is 1.03 bits per heavy atom. The van der Waals surface area contributed by atoms with E-state index in [1.807, 2.05) is 26.0 Å². The van der Waals surface area contributed by atoms with Crippen molar-refractivity contribution in [3.8, 4) is 0 Å². The van der Waals surface area contributed by atoms with Crippen LogP contribution in [-0.2, 0) is 26.2 Å². The number of hydrogen-bond donors (Lipinski definition) is 1. The summed E-state index contributed by atoms with van der Waals surface area (Å²) in [4.78, 5) is 27.7. The molecule has 0 aromatic heterocycles. The molecule has 0 aliphatic heterocycles. The Morgan fingerprint density at radius 2 is 1.64 bits per heavy atom. The summed E-state index contributed by atoms with van der Waals surface area (Å²) < 4.78 is 26.3. The predicted molar refractivity (Wildman–Crippen MR) is 147 cm³/mol. The fourth-order valence-corrected chi connectivity index (χ4v) is 4.98. The lowest BCUT2D eigenvalue weighted by molar-refractivity contribution is -0.140. The Labute approximate surface area is 224 Å². The van der Waals surface area contributed by atoms with E-state index in [0.717, 1.165) is 23.8 Å². The van der Waals surface area contributed by atoms with Gasteiger partial charge >= 0.3 is 0 Å². The third-order valence-electron chi connectivity index (χ3n) is 6.03. The average molecular weight is 557 g/mol. The Balaban J connectivity index is 2.20. The lowest BCUT2D eigenvalue weighted by Gasteiger charge is -2.30. The molecule has 2 aromatic rings. The highest BCUT2D eigenvalue weighted by atomic mass is 35.5. The fourth-order valence-electron chi connectivity index (χ4n) is 3.67. The van der Waals surface area contributed by atoms with Crippen LogP contribution < -0.4 is 9.62 Å². The van der Waals surface area contributed by atoms with Crippen LogP contribution >= 0.6 is 23.2 Å². The molecular formula is C26H35Cl2N3O4S. The monoisotopic (exact) mass is 555 g/mol. The van der Waals surface area contributed by atoms with Crippen molar-refractivity contribution >= 4 is 50.7 Å². The fraction of sp³-hybridized carbons (Fsp3) is 0.462. The second-order valence-corrected chi connectivity index (χ2v) is 11.8. The van der Waals surface area contributed by atoms with E-state index in [1.54, 1.807) is 44.2 Å². The zero-order chi connectivity index (χ0) is 27.0. The number of aryl methyl sites for hydroxylation is 1. The van der Waals surface area contributed by atoms with E-state index in [1.165, 1.54) is 9.21 Å². The number of rotatable bonds is 12. The van der Waals surface area contributed by atoms with Crippen molar-refractivity contribution in [2.45, 2.75) is 65.6 Å². The Bertz CT molecular complexity index is 1160. The molecule has 0 saturated heterocycles. The van der Waals surface area contributed by atoms with Crippen LogP contribution in [0.2, 0.25) is 10.0 Å². The van der Waals surface area contributed by atoms with Gasteiger partial charge in [0.15, 0.2) is 0 Å². The molecule has 2 aromatic carbocycles. The van der Waals surface area contributed by atoms with Crippen LogP contribution in [0.15, 0.2) is 42.5 Å². The summed E-state index contributed by atoms with van der Waals surface area (Å²) >= 11 is 12.1. The maximum absolute atomic E-state index is 13.3. The molecule has 2 rings (SSSR count). The first-order valence-corrected chi connectivity index (χ1v) is 14.5. The van der Waals surface area contributed by atoms with E-state index in [-0.39, 0.29) is 43.8 Å². The molecule has 0 radical (unpaired) electrons. The van der Waals surface area contributed by atoms with Crippen LogP contribution in [0.4, 0.5) is 5.69 Å². The number of carbonyl (C=O) groups excluding carboxylic acids is 2. The van der Waals surface area contributed by atoms with Gasteiger partial charge in [-0.15, -0.1) is 0 Å². The van der Waals surface area contributed by atoms with E-state index in [0.29, 0.717) is 15.7 Å². The normalized spacial score (nSPS) is 13.1. The maximum Gasteiger partial charge on any atom is 0.242 e. The average Bonchev–Trinajstić information content (AvgIpc) is 2.81. The molecule has 0 bridgehead atoms. The predicted octanol–water partition coefficient (Wildman–Crippen LogP) is 5.18. The molecule has 36 heavy (non-hydrogen) atoms. The maximum atomic E-state index is 13.3. The minimum Gasteiger partial charge on any atom is -0.352 e. The summed E-state index contributed by atoms with van der Waals surface area (Å²) in [5.74, 6) is -0.480. The molecule has 10 heteroatoms. The first kappa shape index (κ1) is 29.9. The molecule has 0 spiro atoms. The molecule has 0 saturated carbocycles. The van der Waals surface area contributed by atoms with E-state index in [2.05, 4.69) is 5.32 Å². The molecular weight excluding hydrogens is 521 g/mol. The zero-order valence-electron chi connectivity index (χ0n) is 21.4. The van der Waals surface area contributed by atoms with E-state index < -0.39 is 16.1 Å². The van der Waals surface area contributed by atoms with Crippen molar-refractivity contribution in [3.63, 3.8) is 0 Å². The molecule has 0 unspecified atom stereocenters. The highest BCUT2D eigenvalue weighted by Crippen LogP contribution is 2.27. The summed E-state index contributed by atoms with van der Waals surface area (Å²) in [6.07, 6.45) is 2.24. The van der Waals surface area contributed by atoms with Gasteiger partial charge in [0, 0.05) is 35.6 Å². The number of halogens is 2. The second-order valence-electron chi connectivity index (χ2n) is 9.01. The lowest BCUT2D eigenvalue weighted by atomic mass is 10.1. The van der Waals surface area contributed by atoms with Crippen molar-refractivity contribution in [2.24, 2.45) is 0 Å². The largest absolute Gasteiger partial charge is 0.352 e. The van der Waals surface area contributed by atoms with Gasteiger partial charge in [-0.2, -0.15) is 0 Å². The van der Waals surface area contributed by atoms with Gasteiger partial charge in [-0.25, -0.2) is 8.42 Å². The summed E-state index contributed by atoms with van der Waals surface area (Å²) in [5.41, 5.74) is 2.08. The molecule has 0 aliphatic rings. The van der Waals surface area contributed by atoms with Gasteiger partial charge in [0.2, 0.25) is 21.8 Å². The number of amides is 2. The molecule has 1 N–H and O–H groups in total. The number of nitrogens with one attached hydrogen (secondary N) is 1. The summed E-state index contributed by atoms with van der Waals surface area (Å²) in [6.45, 7) is 7.72. The SMILES string of the molecule is CC[C@@H](C)NC(=O)[C@H](C)N(Cc1ccc(Cl)cc1)C(=O)CCCN(c1cc(Cl)ccc1C)S(C)(=O)=O. The lowest BCUT2D eigenvalue weighted by Crippen LogP contribution is -2.49. The number of nitrogens with zero attached hydrogens (tertiary/aromatic N) is 2. The number of benzene rings is 2. The van der Waals surface area contributed by atoms with Crippen molar-refractivity contribution in [1.29, 1.82) is 0 Å². The third kappa shape index (κ3) is 8.68. The van der Waals surface area contributed by atoms with Crippen molar-refractivity contribution in [2.75, 3.05) is 17.1 Å². The van der Waals surface area contributed by atoms with Gasteiger partial charge in [0.25, 0.3) is 0 Å². The Hall–Kier alpha value is -2.29.